The van der Waals surface area contributed by atoms with Gasteiger partial charge in [0.05, 0.1) is 0 Å². The molecular weight excluding hydrogens is 150 g/mol. The number of aromatic nitrogens is 2. The lowest BCUT2D eigenvalue weighted by Gasteiger charge is -2.02. The lowest BCUT2D eigenvalue weighted by molar-refractivity contribution is 0.734. The van der Waals surface area contributed by atoms with Crippen molar-refractivity contribution in [3.05, 3.63) is 36.4 Å². The molecule has 0 spiro atoms. The Bertz CT molecular complexity index is 243. The SMILES string of the molecule is C=C(C)CNCc1cncnc1. The molecule has 0 saturated carbocycles. The van der Waals surface area contributed by atoms with Crippen molar-refractivity contribution in [3.63, 3.8) is 0 Å². The molecule has 0 aromatic carbocycles. The molecule has 1 N–H and O–H groups in total. The smallest absolute Gasteiger partial charge is 0.115 e. The minimum absolute atomic E-state index is 0.799. The maximum atomic E-state index is 3.91. The standard InChI is InChI=1S/C9H13N3/c1-8(2)3-10-4-9-5-11-7-12-6-9/h5-7,10H,1,3-4H2,2H3. The van der Waals surface area contributed by atoms with Gasteiger partial charge in [-0.05, 0) is 6.92 Å². The first kappa shape index (κ1) is 8.87. The van der Waals surface area contributed by atoms with Crippen LogP contribution in [0.15, 0.2) is 30.9 Å². The zero-order valence-corrected chi connectivity index (χ0v) is 7.25. The Morgan fingerprint density at radius 3 is 2.75 bits per heavy atom. The van der Waals surface area contributed by atoms with E-state index in [-0.39, 0.29) is 0 Å². The Hall–Kier alpha value is -1.22. The van der Waals surface area contributed by atoms with E-state index in [0.717, 1.165) is 24.2 Å². The van der Waals surface area contributed by atoms with Crippen molar-refractivity contribution in [2.45, 2.75) is 13.5 Å². The minimum atomic E-state index is 0.799. The molecule has 64 valence electrons. The molecule has 0 bridgehead atoms. The van der Waals surface area contributed by atoms with Crippen LogP contribution in [-0.4, -0.2) is 16.5 Å². The van der Waals surface area contributed by atoms with Crippen LogP contribution >= 0.6 is 0 Å². The van der Waals surface area contributed by atoms with E-state index in [0.29, 0.717) is 0 Å². The molecule has 0 amide bonds. The summed E-state index contributed by atoms with van der Waals surface area (Å²) in [5.41, 5.74) is 2.23. The minimum Gasteiger partial charge on any atom is -0.309 e. The highest BCUT2D eigenvalue weighted by atomic mass is 14.9. The number of nitrogens with zero attached hydrogens (tertiary/aromatic N) is 2. The van der Waals surface area contributed by atoms with Crippen LogP contribution in [0.5, 0.6) is 0 Å². The van der Waals surface area contributed by atoms with Gasteiger partial charge in [-0.25, -0.2) is 9.97 Å². The van der Waals surface area contributed by atoms with Crippen LogP contribution < -0.4 is 5.32 Å². The summed E-state index contributed by atoms with van der Waals surface area (Å²) in [5.74, 6) is 0. The number of nitrogens with one attached hydrogen (secondary N) is 1. The van der Waals surface area contributed by atoms with Gasteiger partial charge in [0.25, 0.3) is 0 Å². The van der Waals surface area contributed by atoms with Crippen molar-refractivity contribution < 1.29 is 0 Å². The maximum absolute atomic E-state index is 3.91. The van der Waals surface area contributed by atoms with E-state index in [2.05, 4.69) is 21.9 Å². The molecule has 0 aliphatic carbocycles. The molecule has 1 rings (SSSR count). The zero-order valence-electron chi connectivity index (χ0n) is 7.25. The molecule has 1 heterocycles. The summed E-state index contributed by atoms with van der Waals surface area (Å²) in [6.45, 7) is 7.43. The molecule has 0 unspecified atom stereocenters. The Labute approximate surface area is 72.6 Å². The quantitative estimate of drug-likeness (QED) is 0.676. The molecule has 0 radical (unpaired) electrons. The van der Waals surface area contributed by atoms with Gasteiger partial charge in [0.2, 0.25) is 0 Å². The van der Waals surface area contributed by atoms with Crippen molar-refractivity contribution in [3.8, 4) is 0 Å². The van der Waals surface area contributed by atoms with E-state index in [9.17, 15) is 0 Å². The van der Waals surface area contributed by atoms with Crippen molar-refractivity contribution >= 4 is 0 Å². The Kier molecular flexibility index (Phi) is 3.41. The van der Waals surface area contributed by atoms with Crippen molar-refractivity contribution in [1.29, 1.82) is 0 Å². The van der Waals surface area contributed by atoms with E-state index < -0.39 is 0 Å². The predicted octanol–water partition coefficient (Wildman–Crippen LogP) is 1.14. The van der Waals surface area contributed by atoms with Crippen LogP contribution in [0.3, 0.4) is 0 Å². The topological polar surface area (TPSA) is 37.8 Å². The van der Waals surface area contributed by atoms with Crippen LogP contribution in [0, 0.1) is 0 Å². The fraction of sp³-hybridized carbons (Fsp3) is 0.333. The fourth-order valence-electron chi connectivity index (χ4n) is 0.841. The summed E-state index contributed by atoms with van der Waals surface area (Å²) in [6.07, 6.45) is 5.14. The van der Waals surface area contributed by atoms with Gasteiger partial charge in [0.15, 0.2) is 0 Å². The van der Waals surface area contributed by atoms with Gasteiger partial charge in [0, 0.05) is 31.0 Å². The lowest BCUT2D eigenvalue weighted by Crippen LogP contribution is -2.15. The molecule has 1 aromatic rings. The molecule has 12 heavy (non-hydrogen) atoms. The molecular formula is C9H13N3. The monoisotopic (exact) mass is 163 g/mol. The van der Waals surface area contributed by atoms with E-state index in [1.165, 1.54) is 6.33 Å². The third kappa shape index (κ3) is 3.25. The summed E-state index contributed by atoms with van der Waals surface area (Å²) in [6, 6.07) is 0. The first-order valence-corrected chi connectivity index (χ1v) is 3.88. The van der Waals surface area contributed by atoms with Crippen LogP contribution in [0.4, 0.5) is 0 Å². The van der Waals surface area contributed by atoms with Gasteiger partial charge in [-0.1, -0.05) is 12.2 Å². The van der Waals surface area contributed by atoms with Gasteiger partial charge < -0.3 is 5.32 Å². The number of hydrogen-bond donors (Lipinski definition) is 1. The van der Waals surface area contributed by atoms with Gasteiger partial charge >= 0.3 is 0 Å². The summed E-state index contributed by atoms with van der Waals surface area (Å²) >= 11 is 0. The van der Waals surface area contributed by atoms with Crippen LogP contribution in [0.1, 0.15) is 12.5 Å². The highest BCUT2D eigenvalue weighted by Gasteiger charge is 1.90. The first-order chi connectivity index (χ1) is 5.79. The maximum Gasteiger partial charge on any atom is 0.115 e. The zero-order chi connectivity index (χ0) is 8.81. The average molecular weight is 163 g/mol. The second-order valence-electron chi connectivity index (χ2n) is 2.81. The van der Waals surface area contributed by atoms with Crippen molar-refractivity contribution in [2.24, 2.45) is 0 Å². The van der Waals surface area contributed by atoms with Gasteiger partial charge in [-0.15, -0.1) is 0 Å². The highest BCUT2D eigenvalue weighted by molar-refractivity contribution is 5.02. The summed E-state index contributed by atoms with van der Waals surface area (Å²) in [7, 11) is 0. The molecule has 3 heteroatoms. The van der Waals surface area contributed by atoms with E-state index >= 15 is 0 Å². The van der Waals surface area contributed by atoms with Crippen LogP contribution in [-0.2, 0) is 6.54 Å². The second kappa shape index (κ2) is 4.62. The fourth-order valence-corrected chi connectivity index (χ4v) is 0.841. The average Bonchev–Trinajstić information content (AvgIpc) is 2.05. The first-order valence-electron chi connectivity index (χ1n) is 3.88. The van der Waals surface area contributed by atoms with Crippen molar-refractivity contribution in [1.82, 2.24) is 15.3 Å². The Morgan fingerprint density at radius 1 is 1.50 bits per heavy atom. The lowest BCUT2D eigenvalue weighted by atomic mass is 10.3. The predicted molar refractivity (Wildman–Crippen MR) is 48.6 cm³/mol. The van der Waals surface area contributed by atoms with E-state index in [4.69, 9.17) is 0 Å². The molecule has 0 aliphatic rings. The largest absolute Gasteiger partial charge is 0.309 e. The molecule has 0 atom stereocenters. The summed E-state index contributed by atoms with van der Waals surface area (Å²) in [4.78, 5) is 7.82. The molecule has 0 fully saturated rings. The van der Waals surface area contributed by atoms with Gasteiger partial charge in [-0.2, -0.15) is 0 Å². The van der Waals surface area contributed by atoms with Gasteiger partial charge in [-0.3, -0.25) is 0 Å². The number of rotatable bonds is 4. The van der Waals surface area contributed by atoms with E-state index in [1.54, 1.807) is 12.4 Å². The van der Waals surface area contributed by atoms with Crippen LogP contribution in [0.2, 0.25) is 0 Å². The summed E-state index contributed by atoms with van der Waals surface area (Å²) < 4.78 is 0. The molecule has 0 saturated heterocycles. The summed E-state index contributed by atoms with van der Waals surface area (Å²) in [5, 5.41) is 3.22. The molecule has 3 nitrogen and oxygen atoms in total. The Balaban J connectivity index is 2.29. The number of hydrogen-bond acceptors (Lipinski definition) is 3. The van der Waals surface area contributed by atoms with Crippen LogP contribution in [0.25, 0.3) is 0 Å². The van der Waals surface area contributed by atoms with E-state index in [1.807, 2.05) is 6.92 Å². The second-order valence-corrected chi connectivity index (χ2v) is 2.81. The molecule has 0 aliphatic heterocycles. The van der Waals surface area contributed by atoms with Crippen molar-refractivity contribution in [2.75, 3.05) is 6.54 Å². The third-order valence-corrected chi connectivity index (χ3v) is 1.37. The van der Waals surface area contributed by atoms with Gasteiger partial charge in [0.1, 0.15) is 6.33 Å². The third-order valence-electron chi connectivity index (χ3n) is 1.37. The molecule has 1 aromatic heterocycles. The normalized spacial score (nSPS) is 9.75. The Morgan fingerprint density at radius 2 is 2.17 bits per heavy atom. The highest BCUT2D eigenvalue weighted by Crippen LogP contribution is 1.92.